The molecular weight excluding hydrogens is 206 g/mol. The fourth-order valence-electron chi connectivity index (χ4n) is 1.13. The molecular formula is C10H7N5O. The molecule has 0 fully saturated rings. The van der Waals surface area contributed by atoms with Crippen molar-refractivity contribution >= 4 is 11.6 Å². The molecule has 2 N–H and O–H groups in total. The van der Waals surface area contributed by atoms with Gasteiger partial charge in [-0.1, -0.05) is 0 Å². The molecule has 0 aliphatic heterocycles. The van der Waals surface area contributed by atoms with Crippen molar-refractivity contribution < 1.29 is 0 Å². The number of H-pyrrole nitrogens is 1. The number of nitriles is 1. The van der Waals surface area contributed by atoms with Gasteiger partial charge in [0, 0.05) is 5.69 Å². The van der Waals surface area contributed by atoms with Gasteiger partial charge in [-0.05, 0) is 24.3 Å². The highest BCUT2D eigenvalue weighted by atomic mass is 16.1. The summed E-state index contributed by atoms with van der Waals surface area (Å²) in [6.07, 6.45) is 1.09. The summed E-state index contributed by atoms with van der Waals surface area (Å²) < 4.78 is 0. The summed E-state index contributed by atoms with van der Waals surface area (Å²) in [5, 5.41) is 18.7. The van der Waals surface area contributed by atoms with Crippen LogP contribution in [-0.4, -0.2) is 15.2 Å². The Hall–Kier alpha value is -2.68. The molecule has 0 aliphatic carbocycles. The first-order chi connectivity index (χ1) is 7.78. The zero-order valence-electron chi connectivity index (χ0n) is 8.14. The lowest BCUT2D eigenvalue weighted by atomic mass is 10.2. The lowest BCUT2D eigenvalue weighted by Gasteiger charge is -2.03. The zero-order valence-corrected chi connectivity index (χ0v) is 8.14. The summed E-state index contributed by atoms with van der Waals surface area (Å²) in [7, 11) is 0. The predicted molar refractivity (Wildman–Crippen MR) is 57.1 cm³/mol. The van der Waals surface area contributed by atoms with Crippen molar-refractivity contribution in [3.8, 4) is 6.07 Å². The standard InChI is InChI=1S/C10H7N5O/c11-5-7-1-3-8(4-2-7)13-10-14-9(16)6-12-15-10/h1-4,6H,(H2,13,14,15,16). The lowest BCUT2D eigenvalue weighted by molar-refractivity contribution is 0.953. The first-order valence-corrected chi connectivity index (χ1v) is 4.47. The van der Waals surface area contributed by atoms with Gasteiger partial charge in [-0.3, -0.25) is 9.78 Å². The number of benzene rings is 1. The SMILES string of the molecule is N#Cc1ccc(Nc2nncc(=O)[nH]2)cc1. The summed E-state index contributed by atoms with van der Waals surface area (Å²) in [6, 6.07) is 8.77. The molecule has 1 heterocycles. The Morgan fingerprint density at radius 1 is 1.31 bits per heavy atom. The smallest absolute Gasteiger partial charge is 0.271 e. The fraction of sp³-hybridized carbons (Fsp3) is 0. The second kappa shape index (κ2) is 4.23. The third-order valence-corrected chi connectivity index (χ3v) is 1.85. The highest BCUT2D eigenvalue weighted by Gasteiger charge is 1.97. The van der Waals surface area contributed by atoms with Crippen molar-refractivity contribution in [3.05, 3.63) is 46.4 Å². The van der Waals surface area contributed by atoms with Crippen molar-refractivity contribution in [1.82, 2.24) is 15.2 Å². The maximum atomic E-state index is 10.9. The number of hydrogen-bond acceptors (Lipinski definition) is 5. The van der Waals surface area contributed by atoms with E-state index in [1.54, 1.807) is 24.3 Å². The molecule has 0 saturated heterocycles. The van der Waals surface area contributed by atoms with E-state index in [0.29, 0.717) is 5.56 Å². The van der Waals surface area contributed by atoms with E-state index in [9.17, 15) is 4.79 Å². The quantitative estimate of drug-likeness (QED) is 0.768. The van der Waals surface area contributed by atoms with Crippen molar-refractivity contribution in [1.29, 1.82) is 5.26 Å². The molecule has 1 aromatic carbocycles. The van der Waals surface area contributed by atoms with Gasteiger partial charge in [-0.15, -0.1) is 10.2 Å². The van der Waals surface area contributed by atoms with Gasteiger partial charge in [0.25, 0.3) is 5.56 Å². The molecule has 6 heteroatoms. The van der Waals surface area contributed by atoms with Gasteiger partial charge in [0.2, 0.25) is 5.95 Å². The summed E-state index contributed by atoms with van der Waals surface area (Å²) in [4.78, 5) is 13.4. The van der Waals surface area contributed by atoms with Crippen LogP contribution in [0, 0.1) is 11.3 Å². The Morgan fingerprint density at radius 3 is 2.69 bits per heavy atom. The zero-order chi connectivity index (χ0) is 11.4. The van der Waals surface area contributed by atoms with E-state index >= 15 is 0 Å². The monoisotopic (exact) mass is 213 g/mol. The van der Waals surface area contributed by atoms with E-state index in [1.807, 2.05) is 6.07 Å². The van der Waals surface area contributed by atoms with Gasteiger partial charge in [0.05, 0.1) is 11.6 Å². The van der Waals surface area contributed by atoms with Crippen LogP contribution in [0.5, 0.6) is 0 Å². The van der Waals surface area contributed by atoms with Crippen LogP contribution in [-0.2, 0) is 0 Å². The Balaban J connectivity index is 2.21. The minimum atomic E-state index is -0.328. The molecule has 16 heavy (non-hydrogen) atoms. The minimum absolute atomic E-state index is 0.261. The molecule has 0 atom stereocenters. The van der Waals surface area contributed by atoms with Crippen LogP contribution in [0.2, 0.25) is 0 Å². The van der Waals surface area contributed by atoms with Gasteiger partial charge in [-0.25, -0.2) is 0 Å². The van der Waals surface area contributed by atoms with Crippen molar-refractivity contribution in [2.24, 2.45) is 0 Å². The number of anilines is 2. The first-order valence-electron chi connectivity index (χ1n) is 4.47. The fourth-order valence-corrected chi connectivity index (χ4v) is 1.13. The second-order valence-electron chi connectivity index (χ2n) is 3.00. The normalized spacial score (nSPS) is 9.44. The molecule has 0 radical (unpaired) electrons. The summed E-state index contributed by atoms with van der Waals surface area (Å²) in [6.45, 7) is 0. The molecule has 0 aliphatic rings. The Kier molecular flexibility index (Phi) is 2.61. The van der Waals surface area contributed by atoms with Crippen LogP contribution in [0.1, 0.15) is 5.56 Å². The van der Waals surface area contributed by atoms with Crippen LogP contribution >= 0.6 is 0 Å². The summed E-state index contributed by atoms with van der Waals surface area (Å²) >= 11 is 0. The number of hydrogen-bond donors (Lipinski definition) is 2. The minimum Gasteiger partial charge on any atom is -0.324 e. The molecule has 1 aromatic heterocycles. The Bertz CT molecular complexity index is 581. The molecule has 0 saturated carbocycles. The predicted octanol–water partition coefficient (Wildman–Crippen LogP) is 0.780. The maximum Gasteiger partial charge on any atom is 0.271 e. The van der Waals surface area contributed by atoms with E-state index in [2.05, 4.69) is 20.5 Å². The van der Waals surface area contributed by atoms with E-state index in [-0.39, 0.29) is 11.5 Å². The molecule has 0 bridgehead atoms. The van der Waals surface area contributed by atoms with Crippen LogP contribution in [0.3, 0.4) is 0 Å². The van der Waals surface area contributed by atoms with Gasteiger partial charge in [0.15, 0.2) is 0 Å². The van der Waals surface area contributed by atoms with Crippen molar-refractivity contribution in [3.63, 3.8) is 0 Å². The first kappa shape index (κ1) is 9.86. The number of aromatic amines is 1. The molecule has 2 rings (SSSR count). The van der Waals surface area contributed by atoms with E-state index in [1.165, 1.54) is 0 Å². The molecule has 6 nitrogen and oxygen atoms in total. The van der Waals surface area contributed by atoms with Crippen molar-refractivity contribution in [2.45, 2.75) is 0 Å². The largest absolute Gasteiger partial charge is 0.324 e. The highest BCUT2D eigenvalue weighted by Crippen LogP contribution is 2.11. The van der Waals surface area contributed by atoms with Gasteiger partial charge in [0.1, 0.15) is 6.20 Å². The topological polar surface area (TPSA) is 94.5 Å². The average Bonchev–Trinajstić information content (AvgIpc) is 2.30. The van der Waals surface area contributed by atoms with Crippen LogP contribution in [0.4, 0.5) is 11.6 Å². The highest BCUT2D eigenvalue weighted by molar-refractivity contribution is 5.54. The maximum absolute atomic E-state index is 10.9. The number of nitrogens with one attached hydrogen (secondary N) is 2. The molecule has 0 amide bonds. The van der Waals surface area contributed by atoms with Gasteiger partial charge >= 0.3 is 0 Å². The van der Waals surface area contributed by atoms with E-state index in [0.717, 1.165) is 11.9 Å². The van der Waals surface area contributed by atoms with Crippen LogP contribution in [0.25, 0.3) is 0 Å². The summed E-state index contributed by atoms with van der Waals surface area (Å²) in [5.41, 5.74) is 0.958. The van der Waals surface area contributed by atoms with Gasteiger partial charge < -0.3 is 5.32 Å². The molecule has 2 aromatic rings. The van der Waals surface area contributed by atoms with Gasteiger partial charge in [-0.2, -0.15) is 5.26 Å². The average molecular weight is 213 g/mol. The Morgan fingerprint density at radius 2 is 2.06 bits per heavy atom. The van der Waals surface area contributed by atoms with E-state index < -0.39 is 0 Å². The lowest BCUT2D eigenvalue weighted by Crippen LogP contribution is -2.10. The molecule has 78 valence electrons. The van der Waals surface area contributed by atoms with E-state index in [4.69, 9.17) is 5.26 Å². The van der Waals surface area contributed by atoms with Crippen LogP contribution in [0.15, 0.2) is 35.3 Å². The molecule has 0 spiro atoms. The molecule has 0 unspecified atom stereocenters. The van der Waals surface area contributed by atoms with Crippen molar-refractivity contribution in [2.75, 3.05) is 5.32 Å². The third-order valence-electron chi connectivity index (χ3n) is 1.85. The van der Waals surface area contributed by atoms with Crippen LogP contribution < -0.4 is 10.9 Å². The second-order valence-corrected chi connectivity index (χ2v) is 3.00. The number of nitrogens with zero attached hydrogens (tertiary/aromatic N) is 3. The number of rotatable bonds is 2. The number of aromatic nitrogens is 3. The summed E-state index contributed by atoms with van der Waals surface area (Å²) in [5.74, 6) is 0.261. The third kappa shape index (κ3) is 2.22. The Labute approximate surface area is 90.6 Å².